The first-order valence-corrected chi connectivity index (χ1v) is 3.70. The zero-order valence-corrected chi connectivity index (χ0v) is 7.32. The third kappa shape index (κ3) is 1.80. The lowest BCUT2D eigenvalue weighted by Gasteiger charge is -2.01. The zero-order chi connectivity index (χ0) is 8.43. The maximum Gasteiger partial charge on any atom is 0.139 e. The normalized spacial score (nSPS) is 10.2. The SMILES string of the molecule is Cc1nc(Cl)c(CO)c(Cl)n1. The highest BCUT2D eigenvalue weighted by Gasteiger charge is 2.07. The second-order valence-corrected chi connectivity index (χ2v) is 2.71. The number of nitrogens with zero attached hydrogens (tertiary/aromatic N) is 2. The molecule has 0 saturated carbocycles. The van der Waals surface area contributed by atoms with Crippen molar-refractivity contribution < 1.29 is 5.11 Å². The highest BCUT2D eigenvalue weighted by atomic mass is 35.5. The fraction of sp³-hybridized carbons (Fsp3) is 0.333. The molecule has 11 heavy (non-hydrogen) atoms. The van der Waals surface area contributed by atoms with Crippen LogP contribution >= 0.6 is 23.2 Å². The highest BCUT2D eigenvalue weighted by Crippen LogP contribution is 2.20. The largest absolute Gasteiger partial charge is 0.391 e. The second kappa shape index (κ2) is 3.34. The van der Waals surface area contributed by atoms with Gasteiger partial charge in [-0.3, -0.25) is 0 Å². The van der Waals surface area contributed by atoms with E-state index in [1.165, 1.54) is 0 Å². The van der Waals surface area contributed by atoms with Gasteiger partial charge in [0.25, 0.3) is 0 Å². The first-order chi connectivity index (χ1) is 5.15. The number of aromatic nitrogens is 2. The van der Waals surface area contributed by atoms with E-state index in [-0.39, 0.29) is 16.9 Å². The summed E-state index contributed by atoms with van der Waals surface area (Å²) >= 11 is 11.3. The van der Waals surface area contributed by atoms with Crippen LogP contribution in [0.4, 0.5) is 0 Å². The van der Waals surface area contributed by atoms with Gasteiger partial charge in [-0.05, 0) is 6.92 Å². The van der Waals surface area contributed by atoms with E-state index in [0.29, 0.717) is 11.4 Å². The van der Waals surface area contributed by atoms with Gasteiger partial charge in [0.15, 0.2) is 0 Å². The van der Waals surface area contributed by atoms with E-state index in [2.05, 4.69) is 9.97 Å². The number of aryl methyl sites for hydroxylation is 1. The molecule has 0 saturated heterocycles. The van der Waals surface area contributed by atoms with Crippen molar-refractivity contribution in [2.75, 3.05) is 0 Å². The Labute approximate surface area is 74.0 Å². The molecule has 5 heteroatoms. The van der Waals surface area contributed by atoms with E-state index < -0.39 is 0 Å². The van der Waals surface area contributed by atoms with Crippen molar-refractivity contribution in [1.82, 2.24) is 9.97 Å². The van der Waals surface area contributed by atoms with Crippen molar-refractivity contribution in [3.63, 3.8) is 0 Å². The Kier molecular flexibility index (Phi) is 2.65. The molecule has 0 aliphatic rings. The van der Waals surface area contributed by atoms with E-state index in [9.17, 15) is 0 Å². The van der Waals surface area contributed by atoms with Crippen LogP contribution in [0.3, 0.4) is 0 Å². The highest BCUT2D eigenvalue weighted by molar-refractivity contribution is 6.34. The Bertz CT molecular complexity index is 254. The van der Waals surface area contributed by atoms with Gasteiger partial charge >= 0.3 is 0 Å². The van der Waals surface area contributed by atoms with Gasteiger partial charge in [0.2, 0.25) is 0 Å². The van der Waals surface area contributed by atoms with Crippen LogP contribution in [0.5, 0.6) is 0 Å². The molecule has 0 fully saturated rings. The lowest BCUT2D eigenvalue weighted by molar-refractivity contribution is 0.281. The van der Waals surface area contributed by atoms with Gasteiger partial charge < -0.3 is 5.11 Å². The summed E-state index contributed by atoms with van der Waals surface area (Å²) in [4.78, 5) is 7.63. The predicted molar refractivity (Wildman–Crippen MR) is 42.7 cm³/mol. The molecule has 3 nitrogen and oxygen atoms in total. The fourth-order valence-electron chi connectivity index (χ4n) is 0.660. The van der Waals surface area contributed by atoms with Crippen LogP contribution in [0.2, 0.25) is 10.3 Å². The fourth-order valence-corrected chi connectivity index (χ4v) is 1.25. The molecule has 1 aromatic heterocycles. The van der Waals surface area contributed by atoms with Crippen LogP contribution in [0.25, 0.3) is 0 Å². The van der Waals surface area contributed by atoms with E-state index in [1.54, 1.807) is 6.92 Å². The van der Waals surface area contributed by atoms with Crippen molar-refractivity contribution in [2.45, 2.75) is 13.5 Å². The van der Waals surface area contributed by atoms with Crippen LogP contribution in [-0.2, 0) is 6.61 Å². The molecular weight excluding hydrogens is 187 g/mol. The van der Waals surface area contributed by atoms with Crippen molar-refractivity contribution in [3.05, 3.63) is 21.7 Å². The predicted octanol–water partition coefficient (Wildman–Crippen LogP) is 1.58. The number of hydrogen-bond donors (Lipinski definition) is 1. The van der Waals surface area contributed by atoms with Gasteiger partial charge in [-0.1, -0.05) is 23.2 Å². The molecule has 1 rings (SSSR count). The van der Waals surface area contributed by atoms with Crippen molar-refractivity contribution in [1.29, 1.82) is 0 Å². The third-order valence-electron chi connectivity index (χ3n) is 1.18. The summed E-state index contributed by atoms with van der Waals surface area (Å²) in [5, 5.41) is 9.17. The van der Waals surface area contributed by atoms with Gasteiger partial charge in [-0.15, -0.1) is 0 Å². The summed E-state index contributed by atoms with van der Waals surface area (Å²) in [6.45, 7) is 1.44. The molecule has 0 radical (unpaired) electrons. The Morgan fingerprint density at radius 3 is 2.09 bits per heavy atom. The topological polar surface area (TPSA) is 46.0 Å². The summed E-state index contributed by atoms with van der Waals surface area (Å²) in [6, 6.07) is 0. The molecule has 0 aliphatic carbocycles. The molecule has 1 heterocycles. The molecule has 1 aromatic rings. The smallest absolute Gasteiger partial charge is 0.139 e. The number of halogens is 2. The molecule has 1 N–H and O–H groups in total. The summed E-state index contributed by atoms with van der Waals surface area (Å²) in [5.74, 6) is 0.497. The standard InChI is InChI=1S/C6H6Cl2N2O/c1-3-9-5(7)4(2-11)6(8)10-3/h11H,2H2,1H3. The maximum absolute atomic E-state index is 8.74. The van der Waals surface area contributed by atoms with E-state index in [0.717, 1.165) is 0 Å². The Morgan fingerprint density at radius 2 is 1.73 bits per heavy atom. The molecule has 0 aromatic carbocycles. The van der Waals surface area contributed by atoms with E-state index in [1.807, 2.05) is 0 Å². The molecule has 0 aliphatic heterocycles. The third-order valence-corrected chi connectivity index (χ3v) is 1.80. The average Bonchev–Trinajstić information content (AvgIpc) is 1.85. The van der Waals surface area contributed by atoms with E-state index in [4.69, 9.17) is 28.3 Å². The van der Waals surface area contributed by atoms with Crippen molar-refractivity contribution >= 4 is 23.2 Å². The molecule has 0 spiro atoms. The first kappa shape index (κ1) is 8.71. The van der Waals surface area contributed by atoms with Crippen LogP contribution in [0.1, 0.15) is 11.4 Å². The molecule has 0 bridgehead atoms. The van der Waals surface area contributed by atoms with Gasteiger partial charge in [0.05, 0.1) is 12.2 Å². The van der Waals surface area contributed by atoms with Crippen molar-refractivity contribution in [3.8, 4) is 0 Å². The zero-order valence-electron chi connectivity index (χ0n) is 5.80. The number of rotatable bonds is 1. The average molecular weight is 193 g/mol. The monoisotopic (exact) mass is 192 g/mol. The second-order valence-electron chi connectivity index (χ2n) is 1.99. The van der Waals surface area contributed by atoms with Crippen LogP contribution < -0.4 is 0 Å². The van der Waals surface area contributed by atoms with Crippen molar-refractivity contribution in [2.24, 2.45) is 0 Å². The minimum atomic E-state index is -0.238. The molecule has 0 atom stereocenters. The molecule has 0 unspecified atom stereocenters. The van der Waals surface area contributed by atoms with Crippen LogP contribution in [-0.4, -0.2) is 15.1 Å². The van der Waals surface area contributed by atoms with Crippen LogP contribution in [0, 0.1) is 6.92 Å². The van der Waals surface area contributed by atoms with Gasteiger partial charge in [0.1, 0.15) is 16.1 Å². The summed E-state index contributed by atoms with van der Waals surface area (Å²) < 4.78 is 0. The minimum Gasteiger partial charge on any atom is -0.391 e. The lowest BCUT2D eigenvalue weighted by Crippen LogP contribution is -1.96. The quantitative estimate of drug-likeness (QED) is 0.688. The van der Waals surface area contributed by atoms with Gasteiger partial charge in [-0.2, -0.15) is 0 Å². The molecule has 60 valence electrons. The Balaban J connectivity index is 3.25. The van der Waals surface area contributed by atoms with Gasteiger partial charge in [-0.25, -0.2) is 9.97 Å². The molecule has 0 amide bonds. The number of aliphatic hydroxyl groups is 1. The molecular formula is C6H6Cl2N2O. The first-order valence-electron chi connectivity index (χ1n) is 2.94. The lowest BCUT2D eigenvalue weighted by atomic mass is 10.3. The maximum atomic E-state index is 8.74. The Hall–Kier alpha value is -0.380. The Morgan fingerprint density at radius 1 is 1.27 bits per heavy atom. The minimum absolute atomic E-state index is 0.213. The number of aliphatic hydroxyl groups excluding tert-OH is 1. The summed E-state index contributed by atoms with van der Waals surface area (Å²) in [7, 11) is 0. The summed E-state index contributed by atoms with van der Waals surface area (Å²) in [5.41, 5.74) is 0.374. The number of hydrogen-bond acceptors (Lipinski definition) is 3. The van der Waals surface area contributed by atoms with E-state index >= 15 is 0 Å². The van der Waals surface area contributed by atoms with Gasteiger partial charge in [0, 0.05) is 0 Å². The summed E-state index contributed by atoms with van der Waals surface area (Å²) in [6.07, 6.45) is 0. The van der Waals surface area contributed by atoms with Crippen LogP contribution in [0.15, 0.2) is 0 Å².